The summed E-state index contributed by atoms with van der Waals surface area (Å²) in [6.45, 7) is 1.72. The third-order valence-corrected chi connectivity index (χ3v) is 5.31. The fourth-order valence-corrected chi connectivity index (χ4v) is 3.67. The molecule has 2 amide bonds. The van der Waals surface area contributed by atoms with Crippen molar-refractivity contribution < 1.29 is 27.5 Å². The van der Waals surface area contributed by atoms with E-state index in [4.69, 9.17) is 4.74 Å². The van der Waals surface area contributed by atoms with E-state index in [-0.39, 0.29) is 24.9 Å². The number of halogens is 3. The SMILES string of the molecule is C[C@@H]1Oc2ccc(NC(=O)c3ccccc3)cc2CN(Cc2cccc(C(F)(F)F)c2)C1=O. The van der Waals surface area contributed by atoms with Gasteiger partial charge < -0.3 is 15.0 Å². The summed E-state index contributed by atoms with van der Waals surface area (Å²) in [5.41, 5.74) is 1.26. The molecule has 4 rings (SSSR count). The Kier molecular flexibility index (Phi) is 6.09. The van der Waals surface area contributed by atoms with Gasteiger partial charge in [-0.25, -0.2) is 0 Å². The summed E-state index contributed by atoms with van der Waals surface area (Å²) >= 11 is 0. The molecule has 3 aromatic rings. The van der Waals surface area contributed by atoms with Crippen molar-refractivity contribution in [2.24, 2.45) is 0 Å². The summed E-state index contributed by atoms with van der Waals surface area (Å²) in [5, 5.41) is 2.82. The van der Waals surface area contributed by atoms with Gasteiger partial charge in [0.05, 0.1) is 5.56 Å². The Morgan fingerprint density at radius 3 is 2.55 bits per heavy atom. The second kappa shape index (κ2) is 8.97. The van der Waals surface area contributed by atoms with Crippen molar-refractivity contribution in [1.82, 2.24) is 4.90 Å². The molecule has 0 aliphatic carbocycles. The van der Waals surface area contributed by atoms with E-state index < -0.39 is 17.8 Å². The van der Waals surface area contributed by atoms with Crippen LogP contribution < -0.4 is 10.1 Å². The van der Waals surface area contributed by atoms with Gasteiger partial charge in [0.1, 0.15) is 5.75 Å². The number of carbonyl (C=O) groups is 2. The minimum Gasteiger partial charge on any atom is -0.481 e. The maximum Gasteiger partial charge on any atom is 0.416 e. The van der Waals surface area contributed by atoms with Gasteiger partial charge in [0.2, 0.25) is 0 Å². The lowest BCUT2D eigenvalue weighted by molar-refractivity contribution is -0.138. The van der Waals surface area contributed by atoms with Crippen molar-refractivity contribution in [3.05, 3.63) is 95.1 Å². The summed E-state index contributed by atoms with van der Waals surface area (Å²) < 4.78 is 45.0. The number of fused-ring (bicyclic) bond motifs is 1. The number of hydrogen-bond donors (Lipinski definition) is 1. The number of carbonyl (C=O) groups excluding carboxylic acids is 2. The van der Waals surface area contributed by atoms with Gasteiger partial charge in [-0.05, 0) is 55.0 Å². The number of nitrogens with zero attached hydrogens (tertiary/aromatic N) is 1. The maximum atomic E-state index is 13.1. The van der Waals surface area contributed by atoms with Gasteiger partial charge in [-0.15, -0.1) is 0 Å². The van der Waals surface area contributed by atoms with Crippen LogP contribution in [-0.2, 0) is 24.1 Å². The Balaban J connectivity index is 1.57. The lowest BCUT2D eigenvalue weighted by atomic mass is 10.1. The fraction of sp³-hybridized carbons (Fsp3) is 0.200. The first-order valence-corrected chi connectivity index (χ1v) is 10.3. The molecule has 0 bridgehead atoms. The maximum absolute atomic E-state index is 13.1. The first kappa shape index (κ1) is 22.4. The Bertz CT molecular complexity index is 1180. The molecule has 1 N–H and O–H groups in total. The molecule has 5 nitrogen and oxygen atoms in total. The number of alkyl halides is 3. The summed E-state index contributed by atoms with van der Waals surface area (Å²) in [4.78, 5) is 26.8. The zero-order valence-electron chi connectivity index (χ0n) is 17.7. The van der Waals surface area contributed by atoms with Crippen LogP contribution >= 0.6 is 0 Å². The minimum absolute atomic E-state index is 0.00348. The molecule has 0 unspecified atom stereocenters. The molecule has 0 radical (unpaired) electrons. The second-order valence-electron chi connectivity index (χ2n) is 7.80. The third kappa shape index (κ3) is 5.16. The predicted molar refractivity (Wildman–Crippen MR) is 117 cm³/mol. The van der Waals surface area contributed by atoms with Gasteiger partial charge in [0.15, 0.2) is 6.10 Å². The molecule has 1 heterocycles. The van der Waals surface area contributed by atoms with Gasteiger partial charge in [-0.1, -0.05) is 30.3 Å². The van der Waals surface area contributed by atoms with Crippen LogP contribution in [0, 0.1) is 0 Å². The van der Waals surface area contributed by atoms with Crippen molar-refractivity contribution in [2.75, 3.05) is 5.32 Å². The highest BCUT2D eigenvalue weighted by atomic mass is 19.4. The Morgan fingerprint density at radius 2 is 1.82 bits per heavy atom. The van der Waals surface area contributed by atoms with E-state index in [1.54, 1.807) is 55.5 Å². The van der Waals surface area contributed by atoms with E-state index in [2.05, 4.69) is 5.32 Å². The minimum atomic E-state index is -4.46. The van der Waals surface area contributed by atoms with Crippen LogP contribution in [0.5, 0.6) is 5.75 Å². The van der Waals surface area contributed by atoms with Crippen LogP contribution in [-0.4, -0.2) is 22.8 Å². The van der Waals surface area contributed by atoms with E-state index >= 15 is 0 Å². The summed E-state index contributed by atoms with van der Waals surface area (Å²) in [7, 11) is 0. The molecule has 0 saturated carbocycles. The van der Waals surface area contributed by atoms with Crippen molar-refractivity contribution >= 4 is 17.5 Å². The van der Waals surface area contributed by atoms with E-state index in [0.29, 0.717) is 28.1 Å². The van der Waals surface area contributed by atoms with Gasteiger partial charge in [-0.3, -0.25) is 9.59 Å². The van der Waals surface area contributed by atoms with Crippen LogP contribution in [0.4, 0.5) is 18.9 Å². The van der Waals surface area contributed by atoms with Crippen LogP contribution in [0.15, 0.2) is 72.8 Å². The monoisotopic (exact) mass is 454 g/mol. The Labute approximate surface area is 188 Å². The number of ether oxygens (including phenoxy) is 1. The van der Waals surface area contributed by atoms with Crippen molar-refractivity contribution in [1.29, 1.82) is 0 Å². The summed E-state index contributed by atoms with van der Waals surface area (Å²) in [6, 6.07) is 18.7. The average molecular weight is 454 g/mol. The largest absolute Gasteiger partial charge is 0.481 e. The normalized spacial score (nSPS) is 15.9. The third-order valence-electron chi connectivity index (χ3n) is 5.31. The number of nitrogens with one attached hydrogen (secondary N) is 1. The Hall–Kier alpha value is -3.81. The van der Waals surface area contributed by atoms with E-state index in [9.17, 15) is 22.8 Å². The molecule has 0 fully saturated rings. The molecule has 1 aliphatic heterocycles. The number of hydrogen-bond acceptors (Lipinski definition) is 3. The molecule has 3 aromatic carbocycles. The van der Waals surface area contributed by atoms with Crippen molar-refractivity contribution in [2.45, 2.75) is 32.3 Å². The quantitative estimate of drug-likeness (QED) is 0.585. The van der Waals surface area contributed by atoms with E-state index in [1.807, 2.05) is 6.07 Å². The number of rotatable bonds is 4. The smallest absolute Gasteiger partial charge is 0.416 e. The van der Waals surface area contributed by atoms with Crippen LogP contribution in [0.1, 0.15) is 34.0 Å². The zero-order chi connectivity index (χ0) is 23.6. The van der Waals surface area contributed by atoms with Gasteiger partial charge in [0.25, 0.3) is 11.8 Å². The summed E-state index contributed by atoms with van der Waals surface area (Å²) in [6.07, 6.45) is -5.27. The molecule has 8 heteroatoms. The highest BCUT2D eigenvalue weighted by molar-refractivity contribution is 6.04. The number of anilines is 1. The lowest BCUT2D eigenvalue weighted by Gasteiger charge is -2.22. The summed E-state index contributed by atoms with van der Waals surface area (Å²) in [5.74, 6) is -0.131. The van der Waals surface area contributed by atoms with Crippen molar-refractivity contribution in [3.63, 3.8) is 0 Å². The molecule has 170 valence electrons. The Morgan fingerprint density at radius 1 is 1.06 bits per heavy atom. The predicted octanol–water partition coefficient (Wildman–Crippen LogP) is 5.27. The molecule has 0 spiro atoms. The fourth-order valence-electron chi connectivity index (χ4n) is 3.67. The van der Waals surface area contributed by atoms with Gasteiger partial charge in [0, 0.05) is 29.9 Å². The molecular formula is C25H21F3N2O3. The first-order valence-electron chi connectivity index (χ1n) is 10.3. The number of benzene rings is 3. The molecular weight excluding hydrogens is 433 g/mol. The molecule has 1 aliphatic rings. The van der Waals surface area contributed by atoms with E-state index in [1.165, 1.54) is 11.0 Å². The highest BCUT2D eigenvalue weighted by Crippen LogP contribution is 2.32. The topological polar surface area (TPSA) is 58.6 Å². The van der Waals surface area contributed by atoms with Crippen molar-refractivity contribution in [3.8, 4) is 5.75 Å². The number of amides is 2. The first-order chi connectivity index (χ1) is 15.7. The highest BCUT2D eigenvalue weighted by Gasteiger charge is 2.32. The van der Waals surface area contributed by atoms with E-state index in [0.717, 1.165) is 12.1 Å². The molecule has 0 saturated heterocycles. The van der Waals surface area contributed by atoms with Gasteiger partial charge in [-0.2, -0.15) is 13.2 Å². The molecule has 1 atom stereocenters. The average Bonchev–Trinajstić information content (AvgIpc) is 2.90. The van der Waals surface area contributed by atoms with Gasteiger partial charge >= 0.3 is 6.18 Å². The zero-order valence-corrected chi connectivity index (χ0v) is 17.7. The van der Waals surface area contributed by atoms with Crippen LogP contribution in [0.3, 0.4) is 0 Å². The standard InChI is InChI=1S/C25H21F3N2O3/c1-16-24(32)30(14-17-6-5-9-20(12-17)25(26,27)28)15-19-13-21(10-11-22(19)33-16)29-23(31)18-7-3-2-4-8-18/h2-13,16H,14-15H2,1H3,(H,29,31)/t16-/m0/s1. The second-order valence-corrected chi connectivity index (χ2v) is 7.80. The van der Waals surface area contributed by atoms with Crippen LogP contribution in [0.2, 0.25) is 0 Å². The lowest BCUT2D eigenvalue weighted by Crippen LogP contribution is -2.37. The van der Waals surface area contributed by atoms with Crippen LogP contribution in [0.25, 0.3) is 0 Å². The molecule has 0 aromatic heterocycles. The molecule has 33 heavy (non-hydrogen) atoms.